The van der Waals surface area contributed by atoms with Crippen molar-refractivity contribution in [3.63, 3.8) is 0 Å². The maximum atomic E-state index is 13.6. The van der Waals surface area contributed by atoms with E-state index in [1.54, 1.807) is 50.8 Å². The Morgan fingerprint density at radius 3 is 2.15 bits per heavy atom. The average Bonchev–Trinajstić information content (AvgIpc) is 3.73. The Hall–Kier alpha value is -5.85. The molecule has 0 spiro atoms. The lowest BCUT2D eigenvalue weighted by Crippen LogP contribution is -2.51. The Labute approximate surface area is 386 Å². The van der Waals surface area contributed by atoms with Crippen molar-refractivity contribution >= 4 is 70.8 Å². The third-order valence-corrected chi connectivity index (χ3v) is 12.0. The van der Waals surface area contributed by atoms with Crippen LogP contribution in [0.15, 0.2) is 29.4 Å². The quantitative estimate of drug-likeness (QED) is 0.0283. The number of carbonyl (C=O) groups is 9. The summed E-state index contributed by atoms with van der Waals surface area (Å²) in [7, 11) is 0. The number of nitrogens with one attached hydrogen (secondary N) is 4. The number of imide groups is 1. The smallest absolute Gasteiger partial charge is 0.321 e. The average molecular weight is 945 g/mol. The maximum absolute atomic E-state index is 13.6. The molecule has 1 aromatic carbocycles. The number of amides is 6. The van der Waals surface area contributed by atoms with Crippen molar-refractivity contribution < 1.29 is 58.1 Å². The minimum atomic E-state index is -1.10. The number of benzene rings is 1. The second kappa shape index (κ2) is 26.3. The molecule has 25 heteroatoms. The number of likely N-dealkylation sites (tertiary alicyclic amines) is 1. The zero-order valence-corrected chi connectivity index (χ0v) is 38.2. The van der Waals surface area contributed by atoms with Crippen molar-refractivity contribution in [2.24, 2.45) is 17.0 Å². The van der Waals surface area contributed by atoms with Crippen molar-refractivity contribution in [1.29, 1.82) is 0 Å². The lowest BCUT2D eigenvalue weighted by Gasteiger charge is -2.33. The van der Waals surface area contributed by atoms with Gasteiger partial charge in [-0.1, -0.05) is 31.1 Å². The fraction of sp³-hybridized carbons (Fsp3) is 0.634. The van der Waals surface area contributed by atoms with Crippen LogP contribution < -0.4 is 21.3 Å². The van der Waals surface area contributed by atoms with Crippen LogP contribution in [0.3, 0.4) is 0 Å². The molecular weight excluding hydrogens is 885 g/mol. The van der Waals surface area contributed by atoms with Crippen LogP contribution in [0.2, 0.25) is 0 Å². The fourth-order valence-electron chi connectivity index (χ4n) is 7.67. The van der Waals surface area contributed by atoms with Gasteiger partial charge >= 0.3 is 23.9 Å². The van der Waals surface area contributed by atoms with Gasteiger partial charge in [-0.3, -0.25) is 62.9 Å². The van der Waals surface area contributed by atoms with Crippen LogP contribution >= 0.6 is 11.8 Å². The Kier molecular flexibility index (Phi) is 21.1. The Bertz CT molecular complexity index is 1970. The van der Waals surface area contributed by atoms with Crippen molar-refractivity contribution in [1.82, 2.24) is 40.4 Å². The highest BCUT2D eigenvalue weighted by atomic mass is 32.2. The highest BCUT2D eigenvalue weighted by Crippen LogP contribution is 2.20. The highest BCUT2D eigenvalue weighted by molar-refractivity contribution is 7.98. The molecule has 3 saturated heterocycles. The molecule has 5 atom stereocenters. The third kappa shape index (κ3) is 17.2. The molecule has 3 fully saturated rings. The van der Waals surface area contributed by atoms with Crippen LogP contribution in [0.1, 0.15) is 38.7 Å². The van der Waals surface area contributed by atoms with E-state index in [0.29, 0.717) is 30.1 Å². The van der Waals surface area contributed by atoms with Crippen molar-refractivity contribution in [3.05, 3.63) is 40.3 Å². The summed E-state index contributed by atoms with van der Waals surface area (Å²) in [5, 5.41) is 33.4. The number of anilines is 1. The lowest BCUT2D eigenvalue weighted by atomic mass is 9.91. The van der Waals surface area contributed by atoms with Gasteiger partial charge in [0.15, 0.2) is 12.0 Å². The van der Waals surface area contributed by atoms with Crippen LogP contribution in [0.4, 0.5) is 10.5 Å². The number of nitrogens with zero attached hydrogens (tertiary/aromatic N) is 8. The first kappa shape index (κ1) is 52.8. The number of urea groups is 1. The number of carboxylic acid groups (broad SMARTS) is 2. The highest BCUT2D eigenvalue weighted by Gasteiger charge is 2.37. The molecule has 1 aromatic rings. The summed E-state index contributed by atoms with van der Waals surface area (Å²) in [6, 6.07) is 3.96. The Morgan fingerprint density at radius 1 is 0.924 bits per heavy atom. The summed E-state index contributed by atoms with van der Waals surface area (Å²) in [5.41, 5.74) is 10.1. The van der Waals surface area contributed by atoms with Crippen LogP contribution in [0, 0.1) is 11.8 Å². The molecule has 3 aliphatic heterocycles. The summed E-state index contributed by atoms with van der Waals surface area (Å²) >= 11 is 1.45. The molecule has 362 valence electrons. The molecule has 6 N–H and O–H groups in total. The molecular formula is C41H60N12O12S. The first-order chi connectivity index (χ1) is 31.5. The van der Waals surface area contributed by atoms with E-state index in [0.717, 1.165) is 4.90 Å². The number of ketones is 1. The minimum Gasteiger partial charge on any atom is -0.480 e. The number of carbonyl (C=O) groups excluding carboxylic acids is 7. The van der Waals surface area contributed by atoms with Gasteiger partial charge < -0.3 is 36.2 Å². The van der Waals surface area contributed by atoms with Gasteiger partial charge in [0.25, 0.3) is 0 Å². The lowest BCUT2D eigenvalue weighted by molar-refractivity contribution is -0.143. The molecule has 3 aliphatic rings. The van der Waals surface area contributed by atoms with Crippen molar-refractivity contribution in [2.75, 3.05) is 102 Å². The normalized spacial score (nSPS) is 20.3. The van der Waals surface area contributed by atoms with Crippen LogP contribution in [-0.4, -0.2) is 203 Å². The third-order valence-electron chi connectivity index (χ3n) is 11.4. The molecule has 66 heavy (non-hydrogen) atoms. The van der Waals surface area contributed by atoms with Gasteiger partial charge in [0.2, 0.25) is 23.6 Å². The summed E-state index contributed by atoms with van der Waals surface area (Å²) in [4.78, 5) is 124. The number of hydrogen-bond donors (Lipinski definition) is 6. The number of hydrogen-bond acceptors (Lipinski definition) is 16. The largest absolute Gasteiger partial charge is 0.480 e. The van der Waals surface area contributed by atoms with E-state index in [2.05, 4.69) is 31.3 Å². The van der Waals surface area contributed by atoms with E-state index in [-0.39, 0.29) is 116 Å². The topological polar surface area (TPSA) is 316 Å². The van der Waals surface area contributed by atoms with Crippen LogP contribution in [0.5, 0.6) is 0 Å². The van der Waals surface area contributed by atoms with Gasteiger partial charge in [0, 0.05) is 94.3 Å². The molecule has 0 radical (unpaired) electrons. The van der Waals surface area contributed by atoms with E-state index in [1.807, 2.05) is 6.26 Å². The van der Waals surface area contributed by atoms with E-state index in [1.165, 1.54) is 18.7 Å². The first-order valence-corrected chi connectivity index (χ1v) is 23.0. The van der Waals surface area contributed by atoms with Gasteiger partial charge in [0.1, 0.15) is 0 Å². The standard InChI is InChI=1S/C41H60N12O12S/c1-26-18-34(56)53(40(26)63)10-9-43-39(62)30(27(2)47-48-42)19-32(54)31(8-17-66-3)46-41(64)45-29-6-4-28(5-7-29)20-44-33(55)21-51-14-13-49(23-36(57)58)11-12-50(24-37(59)60)15-16-52-25-38(61)65-35(52)22-51/h4-7,26-27,30-31,35H,8-25H2,1-3H3,(H,43,62)(H,44,55)(H,57,58)(H,59,60)(H2,45,46,64)/t26?,27-,30-,31-,35?/m0/s1. The number of rotatable bonds is 22. The predicted octanol–water partition coefficient (Wildman–Crippen LogP) is -0.395. The number of aliphatic carboxylic acids is 2. The summed E-state index contributed by atoms with van der Waals surface area (Å²) in [6.07, 6.45) is 1.10. The number of azide groups is 1. The minimum absolute atomic E-state index is 0.0110. The number of esters is 1. The first-order valence-electron chi connectivity index (χ1n) is 21.6. The Morgan fingerprint density at radius 2 is 1.56 bits per heavy atom. The van der Waals surface area contributed by atoms with Gasteiger partial charge in [-0.25, -0.2) is 4.79 Å². The molecule has 0 aromatic heterocycles. The number of ether oxygens (including phenoxy) is 1. The fourth-order valence-corrected chi connectivity index (χ4v) is 8.14. The van der Waals surface area contributed by atoms with E-state index >= 15 is 0 Å². The second-order valence-corrected chi connectivity index (χ2v) is 17.4. The molecule has 4 rings (SSSR count). The van der Waals surface area contributed by atoms with Gasteiger partial charge in [-0.15, -0.1) is 0 Å². The van der Waals surface area contributed by atoms with Gasteiger partial charge in [-0.2, -0.15) is 11.8 Å². The van der Waals surface area contributed by atoms with Gasteiger partial charge in [-0.05, 0) is 41.7 Å². The molecule has 24 nitrogen and oxygen atoms in total. The van der Waals surface area contributed by atoms with E-state index < -0.39 is 65.8 Å². The maximum Gasteiger partial charge on any atom is 0.321 e. The molecule has 3 heterocycles. The second-order valence-electron chi connectivity index (χ2n) is 16.4. The Balaban J connectivity index is 1.31. The summed E-state index contributed by atoms with van der Waals surface area (Å²) < 4.78 is 5.55. The number of carboxylic acids is 2. The number of fused-ring (bicyclic) bond motifs is 1. The zero-order valence-electron chi connectivity index (χ0n) is 37.4. The molecule has 0 saturated carbocycles. The molecule has 0 aliphatic carbocycles. The molecule has 0 bridgehead atoms. The zero-order chi connectivity index (χ0) is 48.3. The van der Waals surface area contributed by atoms with E-state index in [4.69, 9.17) is 10.3 Å². The van der Waals surface area contributed by atoms with Crippen molar-refractivity contribution in [2.45, 2.75) is 58.0 Å². The number of thioether (sulfide) groups is 1. The monoisotopic (exact) mass is 944 g/mol. The summed E-state index contributed by atoms with van der Waals surface area (Å²) in [5.74, 6) is -5.67. The van der Waals surface area contributed by atoms with E-state index in [9.17, 15) is 53.4 Å². The predicted molar refractivity (Wildman–Crippen MR) is 239 cm³/mol. The SMILES string of the molecule is CSCC[C@H](NC(=O)Nc1ccc(CNC(=O)CN2CCN(CC(=O)O)CCN(CC(=O)O)CCN3CC(=O)OC3C2)cc1)C(=O)C[C@H](C(=O)NCCN1C(=O)CC(C)C1=O)[C@H](C)N=[N+]=[N-]. The van der Waals surface area contributed by atoms with Gasteiger partial charge in [0.05, 0.1) is 44.7 Å². The number of Topliss-reactive ketones (excluding diaryl/α,β-unsaturated/α-hetero) is 1. The van der Waals surface area contributed by atoms with Crippen molar-refractivity contribution in [3.8, 4) is 0 Å². The summed E-state index contributed by atoms with van der Waals surface area (Å²) in [6.45, 7) is 4.37. The van der Waals surface area contributed by atoms with Crippen LogP contribution in [0.25, 0.3) is 10.4 Å². The van der Waals surface area contributed by atoms with Crippen LogP contribution in [-0.2, 0) is 49.6 Å². The molecule has 2 unspecified atom stereocenters. The molecule has 6 amide bonds.